The molecule has 6 rings (SSSR count). The molecule has 0 unspecified atom stereocenters. The lowest BCUT2D eigenvalue weighted by atomic mass is 9.93. The molecule has 2 N–H and O–H groups in total. The lowest BCUT2D eigenvalue weighted by Crippen LogP contribution is -2.45. The van der Waals surface area contributed by atoms with E-state index in [2.05, 4.69) is 42.0 Å². The van der Waals surface area contributed by atoms with E-state index >= 15 is 0 Å². The number of hydrogen-bond acceptors (Lipinski definition) is 15. The molecule has 0 bridgehead atoms. The number of nitrogens with zero attached hydrogens (tertiary/aromatic N) is 7. The average Bonchev–Trinajstić information content (AvgIpc) is 3.10. The molecule has 0 spiro atoms. The second kappa shape index (κ2) is 16.1. The highest BCUT2D eigenvalue weighted by Gasteiger charge is 2.28. The molecule has 3 aromatic heterocycles. The summed E-state index contributed by atoms with van der Waals surface area (Å²) >= 11 is 0. The summed E-state index contributed by atoms with van der Waals surface area (Å²) in [5, 5.41) is 3.87. The highest BCUT2D eigenvalue weighted by atomic mass is 32.2. The number of pyridine rings is 2. The summed E-state index contributed by atoms with van der Waals surface area (Å²) in [6.45, 7) is 13.2. The number of amides is 1. The van der Waals surface area contributed by atoms with Gasteiger partial charge >= 0.3 is 6.09 Å². The fourth-order valence-corrected chi connectivity index (χ4v) is 7.06. The van der Waals surface area contributed by atoms with Crippen LogP contribution >= 0.6 is 0 Å². The largest absolute Gasteiger partial charge is 0.489 e. The van der Waals surface area contributed by atoms with Gasteiger partial charge in [-0.05, 0) is 59.6 Å². The van der Waals surface area contributed by atoms with Gasteiger partial charge in [-0.1, -0.05) is 0 Å². The van der Waals surface area contributed by atoms with Crippen molar-refractivity contribution >= 4 is 38.8 Å². The summed E-state index contributed by atoms with van der Waals surface area (Å²) < 4.78 is 51.3. The van der Waals surface area contributed by atoms with Gasteiger partial charge in [-0.15, -0.1) is 0 Å². The number of sulfonamides is 1. The Morgan fingerprint density at radius 2 is 1.67 bits per heavy atom. The molecule has 278 valence electrons. The summed E-state index contributed by atoms with van der Waals surface area (Å²) in [4.78, 5) is 37.2. The highest BCUT2D eigenvalue weighted by molar-refractivity contribution is 7.90. The van der Waals surface area contributed by atoms with Gasteiger partial charge in [0.1, 0.15) is 29.0 Å². The van der Waals surface area contributed by atoms with Gasteiger partial charge in [0.2, 0.25) is 11.8 Å². The summed E-state index contributed by atoms with van der Waals surface area (Å²) in [7, 11) is -2.14. The number of carbonyl (C=O) groups is 1. The molecule has 1 amide bonds. The predicted octanol–water partition coefficient (Wildman–Crippen LogP) is 2.90. The Balaban J connectivity index is 1.08. The fourth-order valence-electron chi connectivity index (χ4n) is 6.21. The zero-order valence-electron chi connectivity index (χ0n) is 29.8. The van der Waals surface area contributed by atoms with E-state index in [1.807, 2.05) is 10.8 Å². The molecule has 2 saturated heterocycles. The summed E-state index contributed by atoms with van der Waals surface area (Å²) in [6, 6.07) is 3.41. The van der Waals surface area contributed by atoms with E-state index in [9.17, 15) is 13.2 Å². The quantitative estimate of drug-likeness (QED) is 0.295. The van der Waals surface area contributed by atoms with E-state index in [-0.39, 0.29) is 17.0 Å². The Morgan fingerprint density at radius 1 is 0.961 bits per heavy atom. The van der Waals surface area contributed by atoms with Crippen LogP contribution in [0.1, 0.15) is 46.5 Å². The van der Waals surface area contributed by atoms with Gasteiger partial charge in [0, 0.05) is 64.1 Å². The smallest absolute Gasteiger partial charge is 0.421 e. The highest BCUT2D eigenvalue weighted by Crippen LogP contribution is 2.33. The third kappa shape index (κ3) is 10.3. The second-order valence-corrected chi connectivity index (χ2v) is 15.9. The van der Waals surface area contributed by atoms with E-state index in [1.54, 1.807) is 33.2 Å². The number of nitrogens with one attached hydrogen (secondary N) is 2. The fraction of sp³-hybridized carbons (Fsp3) is 0.618. The Labute approximate surface area is 299 Å². The number of rotatable bonds is 11. The van der Waals surface area contributed by atoms with Crippen molar-refractivity contribution in [3.63, 3.8) is 0 Å². The van der Waals surface area contributed by atoms with Crippen LogP contribution in [-0.2, 0) is 19.5 Å². The molecule has 3 aliphatic rings. The number of anilines is 2. The maximum atomic E-state index is 13.1. The molecule has 2 aliphatic heterocycles. The first-order chi connectivity index (χ1) is 24.4. The SMILES string of the molecule is CN1CCN(CCOc2cnc(NC3CCC(Oc4nc(N5CCOCC5)cc5ncc(S(=O)(=O)NC(=O)OC(C)(C)C)cc45)CC3)nc2)CC1. The third-order valence-corrected chi connectivity index (χ3v) is 10.3. The molecule has 51 heavy (non-hydrogen) atoms. The summed E-state index contributed by atoms with van der Waals surface area (Å²) in [5.74, 6) is 2.17. The maximum Gasteiger partial charge on any atom is 0.421 e. The van der Waals surface area contributed by atoms with Crippen LogP contribution in [0, 0.1) is 0 Å². The molecule has 1 aliphatic carbocycles. The second-order valence-electron chi connectivity index (χ2n) is 14.2. The van der Waals surface area contributed by atoms with Crippen molar-refractivity contribution in [2.24, 2.45) is 0 Å². The molecule has 1 saturated carbocycles. The van der Waals surface area contributed by atoms with Crippen molar-refractivity contribution in [3.8, 4) is 11.6 Å². The number of piperazine rings is 1. The van der Waals surface area contributed by atoms with Crippen molar-refractivity contribution < 1.29 is 32.2 Å². The van der Waals surface area contributed by atoms with Crippen LogP contribution < -0.4 is 24.4 Å². The Hall–Kier alpha value is -4.06. The van der Waals surface area contributed by atoms with E-state index in [4.69, 9.17) is 23.9 Å². The van der Waals surface area contributed by atoms with Crippen LogP contribution in [0.2, 0.25) is 0 Å². The summed E-state index contributed by atoms with van der Waals surface area (Å²) in [6.07, 6.45) is 6.51. The zero-order valence-corrected chi connectivity index (χ0v) is 30.7. The van der Waals surface area contributed by atoms with Crippen molar-refractivity contribution in [2.45, 2.75) is 69.1 Å². The topological polar surface area (TPSA) is 173 Å². The average molecular weight is 728 g/mol. The zero-order chi connectivity index (χ0) is 36.0. The molecule has 3 aromatic rings. The van der Waals surface area contributed by atoms with Crippen molar-refractivity contribution in [1.29, 1.82) is 0 Å². The van der Waals surface area contributed by atoms with E-state index in [0.29, 0.717) is 67.2 Å². The molecule has 3 fully saturated rings. The van der Waals surface area contributed by atoms with Crippen molar-refractivity contribution in [3.05, 3.63) is 30.7 Å². The maximum absolute atomic E-state index is 13.1. The van der Waals surface area contributed by atoms with Crippen molar-refractivity contribution in [2.75, 3.05) is 82.9 Å². The first kappa shape index (κ1) is 36.7. The van der Waals surface area contributed by atoms with Crippen LogP contribution in [0.3, 0.4) is 0 Å². The third-order valence-electron chi connectivity index (χ3n) is 9.05. The minimum Gasteiger partial charge on any atom is -0.489 e. The number of morpholine rings is 1. The minimum atomic E-state index is -4.28. The number of fused-ring (bicyclic) bond motifs is 1. The normalized spacial score (nSPS) is 20.9. The number of carbonyl (C=O) groups excluding carboxylic acids is 1. The minimum absolute atomic E-state index is 0.157. The van der Waals surface area contributed by atoms with Crippen LogP contribution in [0.4, 0.5) is 16.6 Å². The standard InChI is InChI=1S/C34H49N9O7S/c1-34(2,3)50-33(44)40-51(45,46)27-19-28-29(35-23-27)20-30(43-14-16-47-17-15-43)39-31(28)49-25-7-5-24(6-8-25)38-32-36-21-26(22-37-32)48-18-13-42-11-9-41(4)10-12-42/h19-25H,5-18H2,1-4H3,(H,40,44)(H,36,37,38). The monoisotopic (exact) mass is 727 g/mol. The van der Waals surface area contributed by atoms with Gasteiger partial charge < -0.3 is 34.1 Å². The molecular formula is C34H49N9O7S. The molecule has 16 nitrogen and oxygen atoms in total. The molecule has 17 heteroatoms. The predicted molar refractivity (Wildman–Crippen MR) is 191 cm³/mol. The van der Waals surface area contributed by atoms with Crippen LogP contribution in [0.5, 0.6) is 11.6 Å². The summed E-state index contributed by atoms with van der Waals surface area (Å²) in [5.41, 5.74) is -0.342. The number of aromatic nitrogens is 4. The molecule has 0 atom stereocenters. The van der Waals surface area contributed by atoms with Gasteiger partial charge in [0.15, 0.2) is 5.75 Å². The lowest BCUT2D eigenvalue weighted by molar-refractivity contribution is 0.0570. The number of hydrogen-bond donors (Lipinski definition) is 2. The van der Waals surface area contributed by atoms with Crippen molar-refractivity contribution in [1.82, 2.24) is 34.5 Å². The van der Waals surface area contributed by atoms with Gasteiger partial charge in [0.25, 0.3) is 10.0 Å². The van der Waals surface area contributed by atoms with E-state index < -0.39 is 21.7 Å². The lowest BCUT2D eigenvalue weighted by Gasteiger charge is -2.32. The molecule has 0 radical (unpaired) electrons. The first-order valence-electron chi connectivity index (χ1n) is 17.6. The number of likely N-dealkylation sites (N-methyl/N-ethyl adjacent to an activating group) is 1. The van der Waals surface area contributed by atoms with Gasteiger partial charge in [0.05, 0.1) is 36.5 Å². The van der Waals surface area contributed by atoms with Gasteiger partial charge in [-0.3, -0.25) is 9.88 Å². The van der Waals surface area contributed by atoms with E-state index in [0.717, 1.165) is 58.4 Å². The Bertz CT molecular complexity index is 1740. The Kier molecular flexibility index (Phi) is 11.6. The Morgan fingerprint density at radius 3 is 2.35 bits per heavy atom. The molecular weight excluding hydrogens is 678 g/mol. The molecule has 0 aromatic carbocycles. The van der Waals surface area contributed by atoms with Gasteiger partial charge in [-0.25, -0.2) is 27.9 Å². The van der Waals surface area contributed by atoms with Gasteiger partial charge in [-0.2, -0.15) is 4.98 Å². The molecule has 5 heterocycles. The van der Waals surface area contributed by atoms with Crippen LogP contribution in [0.25, 0.3) is 10.9 Å². The van der Waals surface area contributed by atoms with E-state index in [1.165, 1.54) is 12.3 Å². The first-order valence-corrected chi connectivity index (χ1v) is 19.1. The van der Waals surface area contributed by atoms with Crippen LogP contribution in [0.15, 0.2) is 35.6 Å². The number of ether oxygens (including phenoxy) is 4. The van der Waals surface area contributed by atoms with Crippen LogP contribution in [-0.4, -0.2) is 135 Å².